The number of rotatable bonds is 5. The van der Waals surface area contributed by atoms with Crippen LogP contribution in [0.2, 0.25) is 0 Å². The first-order valence-corrected chi connectivity index (χ1v) is 6.88. The topological polar surface area (TPSA) is 71.4 Å². The van der Waals surface area contributed by atoms with Crippen LogP contribution < -0.4 is 20.3 Å². The van der Waals surface area contributed by atoms with Gasteiger partial charge in [0.2, 0.25) is 5.95 Å². The smallest absolute Gasteiger partial charge is 0.319 e. The Bertz CT molecular complexity index is 651. The van der Waals surface area contributed by atoms with Gasteiger partial charge in [0.15, 0.2) is 0 Å². The molecule has 2 rings (SSSR count). The summed E-state index contributed by atoms with van der Waals surface area (Å²) in [5.41, 5.74) is 1.60. The number of hydrogen-bond acceptors (Lipinski definition) is 4. The van der Waals surface area contributed by atoms with Gasteiger partial charge in [0.25, 0.3) is 0 Å². The van der Waals surface area contributed by atoms with E-state index in [1.165, 1.54) is 0 Å². The Balaban J connectivity index is 1.92. The molecule has 118 valence electrons. The van der Waals surface area contributed by atoms with Crippen molar-refractivity contribution in [1.82, 2.24) is 14.9 Å². The fourth-order valence-electron chi connectivity index (χ4n) is 2.06. The summed E-state index contributed by atoms with van der Waals surface area (Å²) in [6.45, 7) is 0.396. The van der Waals surface area contributed by atoms with Crippen molar-refractivity contribution < 1.29 is 9.53 Å². The van der Waals surface area contributed by atoms with Gasteiger partial charge in [0, 0.05) is 32.9 Å². The number of aromatic nitrogens is 2. The van der Waals surface area contributed by atoms with Crippen molar-refractivity contribution in [2.24, 2.45) is 7.05 Å². The minimum Gasteiger partial charge on any atom is -0.497 e. The van der Waals surface area contributed by atoms with E-state index in [0.717, 1.165) is 11.6 Å². The predicted molar refractivity (Wildman–Crippen MR) is 86.4 cm³/mol. The summed E-state index contributed by atoms with van der Waals surface area (Å²) in [6.07, 6.45) is 1.75. The molecule has 0 atom stereocenters. The number of nitrogens with one attached hydrogen (secondary N) is 2. The quantitative estimate of drug-likeness (QED) is 0.884. The first-order chi connectivity index (χ1) is 10.5. The maximum absolute atomic E-state index is 11.9. The molecule has 1 aromatic heterocycles. The van der Waals surface area contributed by atoms with Crippen molar-refractivity contribution in [1.29, 1.82) is 0 Å². The average molecular weight is 303 g/mol. The molecule has 0 radical (unpaired) electrons. The van der Waals surface area contributed by atoms with Gasteiger partial charge in [0.1, 0.15) is 5.75 Å². The van der Waals surface area contributed by atoms with E-state index < -0.39 is 0 Å². The predicted octanol–water partition coefficient (Wildman–Crippen LogP) is 1.82. The van der Waals surface area contributed by atoms with Gasteiger partial charge in [-0.3, -0.25) is 0 Å². The number of imidazole rings is 1. The summed E-state index contributed by atoms with van der Waals surface area (Å²) >= 11 is 0. The Hall–Kier alpha value is -2.70. The highest BCUT2D eigenvalue weighted by Crippen LogP contribution is 2.16. The van der Waals surface area contributed by atoms with Crippen LogP contribution in [0.15, 0.2) is 30.5 Å². The lowest BCUT2D eigenvalue weighted by Gasteiger charge is -2.13. The molecule has 1 aromatic carbocycles. The van der Waals surface area contributed by atoms with Gasteiger partial charge in [-0.1, -0.05) is 6.07 Å². The zero-order valence-electron chi connectivity index (χ0n) is 13.3. The molecule has 0 aliphatic heterocycles. The van der Waals surface area contributed by atoms with E-state index >= 15 is 0 Å². The van der Waals surface area contributed by atoms with Gasteiger partial charge in [-0.25, -0.2) is 9.78 Å². The van der Waals surface area contributed by atoms with Gasteiger partial charge in [-0.05, 0) is 12.1 Å². The van der Waals surface area contributed by atoms with Crippen LogP contribution in [0.5, 0.6) is 5.75 Å². The lowest BCUT2D eigenvalue weighted by Crippen LogP contribution is -2.29. The lowest BCUT2D eigenvalue weighted by atomic mass is 10.3. The molecule has 2 aromatic rings. The van der Waals surface area contributed by atoms with E-state index in [1.54, 1.807) is 25.4 Å². The summed E-state index contributed by atoms with van der Waals surface area (Å²) in [4.78, 5) is 18.2. The molecule has 0 fully saturated rings. The maximum Gasteiger partial charge on any atom is 0.319 e. The molecule has 22 heavy (non-hydrogen) atoms. The SMILES string of the molecule is COc1cccc(NC(=O)NCc2cnc(N(C)C)n2C)c1. The van der Waals surface area contributed by atoms with E-state index in [1.807, 2.05) is 42.7 Å². The number of carbonyl (C=O) groups is 1. The Kier molecular flexibility index (Phi) is 4.88. The average Bonchev–Trinajstić information content (AvgIpc) is 2.86. The number of urea groups is 1. The molecule has 0 aliphatic carbocycles. The Labute approximate surface area is 129 Å². The minimum absolute atomic E-state index is 0.277. The van der Waals surface area contributed by atoms with Gasteiger partial charge in [0.05, 0.1) is 25.5 Å². The number of anilines is 2. The van der Waals surface area contributed by atoms with Crippen LogP contribution in [0, 0.1) is 0 Å². The second kappa shape index (κ2) is 6.84. The molecule has 0 saturated carbocycles. The number of ether oxygens (including phenoxy) is 1. The second-order valence-corrected chi connectivity index (χ2v) is 5.04. The van der Waals surface area contributed by atoms with Crippen molar-refractivity contribution in [2.75, 3.05) is 31.4 Å². The molecule has 0 aliphatic rings. The fourth-order valence-corrected chi connectivity index (χ4v) is 2.06. The molecule has 2 N–H and O–H groups in total. The molecule has 0 saturated heterocycles. The fraction of sp³-hybridized carbons (Fsp3) is 0.333. The standard InChI is InChI=1S/C15H21N5O2/c1-19(2)15-17-10-12(20(15)3)9-16-14(21)18-11-6-5-7-13(8-11)22-4/h5-8,10H,9H2,1-4H3,(H2,16,18,21). The monoisotopic (exact) mass is 303 g/mol. The number of benzene rings is 1. The van der Waals surface area contributed by atoms with Gasteiger partial charge in [-0.2, -0.15) is 0 Å². The molecular formula is C15H21N5O2. The molecule has 2 amide bonds. The number of methoxy groups -OCH3 is 1. The third-order valence-electron chi connectivity index (χ3n) is 3.22. The zero-order chi connectivity index (χ0) is 16.1. The molecule has 1 heterocycles. The molecule has 7 heteroatoms. The van der Waals surface area contributed by atoms with Crippen LogP contribution >= 0.6 is 0 Å². The summed E-state index contributed by atoms with van der Waals surface area (Å²) in [7, 11) is 7.35. The Morgan fingerprint density at radius 1 is 1.41 bits per heavy atom. The largest absolute Gasteiger partial charge is 0.497 e. The third-order valence-corrected chi connectivity index (χ3v) is 3.22. The number of carbonyl (C=O) groups excluding carboxylic acids is 1. The van der Waals surface area contributed by atoms with Crippen LogP contribution in [-0.4, -0.2) is 36.8 Å². The summed E-state index contributed by atoms with van der Waals surface area (Å²) < 4.78 is 7.05. The van der Waals surface area contributed by atoms with Crippen molar-refractivity contribution in [3.63, 3.8) is 0 Å². The van der Waals surface area contributed by atoms with E-state index in [9.17, 15) is 4.79 Å². The van der Waals surface area contributed by atoms with E-state index in [0.29, 0.717) is 18.0 Å². The normalized spacial score (nSPS) is 10.2. The number of hydrogen-bond donors (Lipinski definition) is 2. The first kappa shape index (κ1) is 15.7. The number of amides is 2. The highest BCUT2D eigenvalue weighted by molar-refractivity contribution is 5.89. The van der Waals surface area contributed by atoms with Crippen LogP contribution in [0.4, 0.5) is 16.4 Å². The second-order valence-electron chi connectivity index (χ2n) is 5.04. The van der Waals surface area contributed by atoms with Crippen molar-refractivity contribution in [3.05, 3.63) is 36.2 Å². The molecule has 0 spiro atoms. The van der Waals surface area contributed by atoms with E-state index in [4.69, 9.17) is 4.74 Å². The Morgan fingerprint density at radius 3 is 2.82 bits per heavy atom. The van der Waals surface area contributed by atoms with Crippen LogP contribution in [-0.2, 0) is 13.6 Å². The van der Waals surface area contributed by atoms with Crippen molar-refractivity contribution in [2.45, 2.75) is 6.54 Å². The highest BCUT2D eigenvalue weighted by Gasteiger charge is 2.09. The first-order valence-electron chi connectivity index (χ1n) is 6.88. The van der Waals surface area contributed by atoms with Crippen LogP contribution in [0.1, 0.15) is 5.69 Å². The molecule has 7 nitrogen and oxygen atoms in total. The van der Waals surface area contributed by atoms with Crippen molar-refractivity contribution in [3.8, 4) is 5.75 Å². The zero-order valence-corrected chi connectivity index (χ0v) is 13.3. The number of nitrogens with zero attached hydrogens (tertiary/aromatic N) is 3. The van der Waals surface area contributed by atoms with Gasteiger partial charge in [-0.15, -0.1) is 0 Å². The van der Waals surface area contributed by atoms with Gasteiger partial charge < -0.3 is 24.8 Å². The molecular weight excluding hydrogens is 282 g/mol. The molecule has 0 unspecified atom stereocenters. The van der Waals surface area contributed by atoms with Gasteiger partial charge >= 0.3 is 6.03 Å². The summed E-state index contributed by atoms with van der Waals surface area (Å²) in [6, 6.07) is 6.92. The highest BCUT2D eigenvalue weighted by atomic mass is 16.5. The van der Waals surface area contributed by atoms with Crippen LogP contribution in [0.3, 0.4) is 0 Å². The summed E-state index contributed by atoms with van der Waals surface area (Å²) in [5.74, 6) is 1.53. The maximum atomic E-state index is 11.9. The Morgan fingerprint density at radius 2 is 2.18 bits per heavy atom. The van der Waals surface area contributed by atoms with E-state index in [-0.39, 0.29) is 6.03 Å². The summed E-state index contributed by atoms with van der Waals surface area (Å²) in [5, 5.41) is 5.57. The molecule has 0 bridgehead atoms. The van der Waals surface area contributed by atoms with Crippen LogP contribution in [0.25, 0.3) is 0 Å². The van der Waals surface area contributed by atoms with Crippen molar-refractivity contribution >= 4 is 17.7 Å². The van der Waals surface area contributed by atoms with E-state index in [2.05, 4.69) is 15.6 Å². The third kappa shape index (κ3) is 3.69. The lowest BCUT2D eigenvalue weighted by molar-refractivity contribution is 0.251. The minimum atomic E-state index is -0.277.